The summed E-state index contributed by atoms with van der Waals surface area (Å²) in [6.07, 6.45) is 0. The Kier molecular flexibility index (Phi) is 4.51. The third-order valence-corrected chi connectivity index (χ3v) is 5.35. The Morgan fingerprint density at radius 3 is 2.77 bits per heavy atom. The molecule has 156 valence electrons. The second-order valence-electron chi connectivity index (χ2n) is 7.16. The molecule has 0 saturated carbocycles. The number of rotatable bonds is 4. The molecule has 0 aliphatic carbocycles. The summed E-state index contributed by atoms with van der Waals surface area (Å²) in [5, 5.41) is 13.7. The van der Waals surface area contributed by atoms with E-state index in [2.05, 4.69) is 20.5 Å². The van der Waals surface area contributed by atoms with Crippen molar-refractivity contribution in [3.63, 3.8) is 0 Å². The molecule has 0 radical (unpaired) electrons. The number of fused-ring (bicyclic) bond motifs is 1. The highest BCUT2D eigenvalue weighted by molar-refractivity contribution is 6.30. The smallest absolute Gasteiger partial charge is 0.263 e. The van der Waals surface area contributed by atoms with Gasteiger partial charge in [0.05, 0.1) is 5.69 Å². The first-order valence-electron chi connectivity index (χ1n) is 9.32. The van der Waals surface area contributed by atoms with Gasteiger partial charge >= 0.3 is 0 Å². The Hall–Kier alpha value is -3.66. The number of imide groups is 1. The van der Waals surface area contributed by atoms with E-state index in [4.69, 9.17) is 16.1 Å². The normalized spacial score (nSPS) is 20.1. The van der Waals surface area contributed by atoms with Crippen molar-refractivity contribution in [2.45, 2.75) is 25.6 Å². The maximum atomic E-state index is 14.0. The minimum Gasteiger partial charge on any atom is -0.337 e. The van der Waals surface area contributed by atoms with Crippen LogP contribution in [-0.2, 0) is 16.1 Å². The summed E-state index contributed by atoms with van der Waals surface area (Å²) in [6.45, 7) is 1.58. The molecule has 3 heterocycles. The third kappa shape index (κ3) is 3.25. The average Bonchev–Trinajstić information content (AvgIpc) is 3.43. The highest BCUT2D eigenvalue weighted by atomic mass is 35.5. The molecule has 2 aliphatic heterocycles. The van der Waals surface area contributed by atoms with Gasteiger partial charge in [0.2, 0.25) is 11.7 Å². The Bertz CT molecular complexity index is 1250. The molecule has 1 saturated heterocycles. The Balaban J connectivity index is 1.37. The number of benzene rings is 2. The lowest BCUT2D eigenvalue weighted by Crippen LogP contribution is -2.39. The molecule has 0 bridgehead atoms. The summed E-state index contributed by atoms with van der Waals surface area (Å²) in [5.74, 6) is -1.09. The lowest BCUT2D eigenvalue weighted by molar-refractivity contribution is -0.123. The Morgan fingerprint density at radius 2 is 2.00 bits per heavy atom. The van der Waals surface area contributed by atoms with Gasteiger partial charge in [-0.1, -0.05) is 40.2 Å². The number of hydrogen-bond donors (Lipinski definition) is 0. The van der Waals surface area contributed by atoms with E-state index in [-0.39, 0.29) is 18.1 Å². The van der Waals surface area contributed by atoms with Crippen LogP contribution >= 0.6 is 11.6 Å². The van der Waals surface area contributed by atoms with Gasteiger partial charge in [0.25, 0.3) is 11.8 Å². The zero-order valence-electron chi connectivity index (χ0n) is 16.1. The molecule has 2 atom stereocenters. The summed E-state index contributed by atoms with van der Waals surface area (Å²) < 4.78 is 19.2. The monoisotopic (exact) mass is 440 g/mol. The lowest BCUT2D eigenvalue weighted by Gasteiger charge is -2.19. The van der Waals surface area contributed by atoms with Crippen LogP contribution in [0.15, 0.2) is 57.3 Å². The van der Waals surface area contributed by atoms with Crippen molar-refractivity contribution < 1.29 is 18.5 Å². The van der Waals surface area contributed by atoms with Crippen molar-refractivity contribution >= 4 is 29.1 Å². The molecule has 2 aromatic carbocycles. The van der Waals surface area contributed by atoms with Crippen LogP contribution in [0.1, 0.15) is 11.5 Å². The largest absolute Gasteiger partial charge is 0.337 e. The minimum absolute atomic E-state index is 0.0205. The molecule has 3 aromatic rings. The van der Waals surface area contributed by atoms with E-state index in [1.54, 1.807) is 31.2 Å². The third-order valence-electron chi connectivity index (χ3n) is 5.12. The molecule has 9 nitrogen and oxygen atoms in total. The first-order chi connectivity index (χ1) is 14.9. The van der Waals surface area contributed by atoms with E-state index >= 15 is 0 Å². The van der Waals surface area contributed by atoms with Crippen molar-refractivity contribution in [1.82, 2.24) is 15.1 Å². The van der Waals surface area contributed by atoms with Crippen molar-refractivity contribution in [3.05, 3.63) is 64.8 Å². The Labute approximate surface area is 180 Å². The van der Waals surface area contributed by atoms with Gasteiger partial charge in [-0.05, 0) is 36.8 Å². The van der Waals surface area contributed by atoms with E-state index in [1.807, 2.05) is 0 Å². The SMILES string of the molecule is Cc1ccc(N2C(=O)[C@@H]3[C@@H](N=NN3Cc3nc(-c4cccc(Cl)c4)no3)C2=O)cc1F. The molecule has 2 aliphatic rings. The fourth-order valence-corrected chi connectivity index (χ4v) is 3.72. The van der Waals surface area contributed by atoms with Crippen LogP contribution in [-0.4, -0.2) is 39.0 Å². The van der Waals surface area contributed by atoms with E-state index in [0.717, 1.165) is 11.0 Å². The van der Waals surface area contributed by atoms with Crippen LogP contribution in [0.4, 0.5) is 10.1 Å². The molecule has 2 amide bonds. The standard InChI is InChI=1S/C20H14ClFN6O3/c1-10-5-6-13(8-14(10)22)28-19(29)16-17(20(28)30)27(26-24-16)9-15-23-18(25-31-15)11-3-2-4-12(21)7-11/h2-8,16-17H,9H2,1H3/t16-,17+/m1/s1. The van der Waals surface area contributed by atoms with Crippen LogP contribution < -0.4 is 4.90 Å². The van der Waals surface area contributed by atoms with Gasteiger partial charge in [0, 0.05) is 10.6 Å². The van der Waals surface area contributed by atoms with Crippen LogP contribution in [0, 0.1) is 12.7 Å². The van der Waals surface area contributed by atoms with Crippen molar-refractivity contribution in [2.24, 2.45) is 10.3 Å². The number of nitrogens with zero attached hydrogens (tertiary/aromatic N) is 6. The quantitative estimate of drug-likeness (QED) is 0.576. The number of carbonyl (C=O) groups excluding carboxylic acids is 2. The van der Waals surface area contributed by atoms with Gasteiger partial charge in [0.1, 0.15) is 12.4 Å². The summed E-state index contributed by atoms with van der Waals surface area (Å²) in [5.41, 5.74) is 1.24. The van der Waals surface area contributed by atoms with E-state index in [0.29, 0.717) is 22.0 Å². The maximum absolute atomic E-state index is 14.0. The second-order valence-corrected chi connectivity index (χ2v) is 7.60. The van der Waals surface area contributed by atoms with E-state index in [9.17, 15) is 14.0 Å². The molecule has 1 aromatic heterocycles. The molecule has 1 fully saturated rings. The molecule has 5 rings (SSSR count). The number of carbonyl (C=O) groups is 2. The number of anilines is 1. The van der Waals surface area contributed by atoms with Crippen molar-refractivity contribution in [3.8, 4) is 11.4 Å². The maximum Gasteiger partial charge on any atom is 0.263 e. The number of aryl methyl sites for hydroxylation is 1. The van der Waals surface area contributed by atoms with Crippen LogP contribution in [0.3, 0.4) is 0 Å². The molecule has 11 heteroatoms. The molecule has 31 heavy (non-hydrogen) atoms. The van der Waals surface area contributed by atoms with Gasteiger partial charge in [-0.2, -0.15) is 10.1 Å². The predicted molar refractivity (Wildman–Crippen MR) is 106 cm³/mol. The highest BCUT2D eigenvalue weighted by Gasteiger charge is 2.55. The summed E-state index contributed by atoms with van der Waals surface area (Å²) in [7, 11) is 0. The molecular weight excluding hydrogens is 427 g/mol. The predicted octanol–water partition coefficient (Wildman–Crippen LogP) is 3.33. The lowest BCUT2D eigenvalue weighted by atomic mass is 10.1. The zero-order valence-corrected chi connectivity index (χ0v) is 16.8. The number of aromatic nitrogens is 2. The van der Waals surface area contributed by atoms with Gasteiger partial charge < -0.3 is 4.52 Å². The van der Waals surface area contributed by atoms with E-state index in [1.165, 1.54) is 17.1 Å². The van der Waals surface area contributed by atoms with Crippen LogP contribution in [0.25, 0.3) is 11.4 Å². The molecule has 0 unspecified atom stereocenters. The van der Waals surface area contributed by atoms with Gasteiger partial charge in [-0.15, -0.1) is 0 Å². The highest BCUT2D eigenvalue weighted by Crippen LogP contribution is 2.33. The topological polar surface area (TPSA) is 104 Å². The first kappa shape index (κ1) is 19.3. The molecular formula is C20H14ClFN6O3. The minimum atomic E-state index is -1.01. The first-order valence-corrected chi connectivity index (χ1v) is 9.70. The van der Waals surface area contributed by atoms with Gasteiger partial charge in [-0.25, -0.2) is 9.29 Å². The zero-order chi connectivity index (χ0) is 21.7. The molecule has 0 spiro atoms. The summed E-state index contributed by atoms with van der Waals surface area (Å²) >= 11 is 5.99. The fourth-order valence-electron chi connectivity index (χ4n) is 3.53. The summed E-state index contributed by atoms with van der Waals surface area (Å²) in [6, 6.07) is 9.18. The Morgan fingerprint density at radius 1 is 1.16 bits per heavy atom. The van der Waals surface area contributed by atoms with Gasteiger partial charge in [0.15, 0.2) is 12.1 Å². The van der Waals surface area contributed by atoms with Crippen LogP contribution in [0.5, 0.6) is 0 Å². The fraction of sp³-hybridized carbons (Fsp3) is 0.200. The number of amides is 2. The van der Waals surface area contributed by atoms with Crippen molar-refractivity contribution in [2.75, 3.05) is 4.90 Å². The number of halogens is 2. The number of hydrogen-bond acceptors (Lipinski definition) is 8. The summed E-state index contributed by atoms with van der Waals surface area (Å²) in [4.78, 5) is 31.0. The van der Waals surface area contributed by atoms with Crippen LogP contribution in [0.2, 0.25) is 5.02 Å². The van der Waals surface area contributed by atoms with E-state index < -0.39 is 29.7 Å². The molecule has 0 N–H and O–H groups in total. The van der Waals surface area contributed by atoms with Gasteiger partial charge in [-0.3, -0.25) is 14.6 Å². The van der Waals surface area contributed by atoms with Crippen molar-refractivity contribution in [1.29, 1.82) is 0 Å². The second kappa shape index (κ2) is 7.24. The average molecular weight is 441 g/mol.